The molecule has 1 rings (SSSR count). The van der Waals surface area contributed by atoms with Crippen LogP contribution >= 0.6 is 0 Å². The number of carbonyl (C=O) groups excluding carboxylic acids is 1. The third-order valence-corrected chi connectivity index (χ3v) is 3.34. The second-order valence-corrected chi connectivity index (χ2v) is 7.18. The van der Waals surface area contributed by atoms with Gasteiger partial charge in [-0.3, -0.25) is 0 Å². The van der Waals surface area contributed by atoms with E-state index >= 15 is 0 Å². The van der Waals surface area contributed by atoms with Gasteiger partial charge in [0.15, 0.2) is 0 Å². The molecule has 0 unspecified atom stereocenters. The number of amides is 1. The highest BCUT2D eigenvalue weighted by Crippen LogP contribution is 2.34. The molecule has 0 aliphatic heterocycles. The van der Waals surface area contributed by atoms with Crippen molar-refractivity contribution in [2.45, 2.75) is 32.6 Å². The largest absolute Gasteiger partial charge is 0.493 e. The number of ether oxygens (including phenoxy) is 2. The zero-order valence-corrected chi connectivity index (χ0v) is 15.5. The molecule has 0 aliphatic carbocycles. The van der Waals surface area contributed by atoms with E-state index < -0.39 is 6.09 Å². The van der Waals surface area contributed by atoms with Crippen LogP contribution in [0, 0.1) is 0 Å². The maximum atomic E-state index is 11.7. The maximum Gasteiger partial charge on any atom is 0.414 e. The van der Waals surface area contributed by atoms with Crippen LogP contribution < -0.4 is 9.47 Å². The first kappa shape index (κ1) is 19.3. The predicted octanol–water partition coefficient (Wildman–Crippen LogP) is 3.38. The number of hydrogen-bond donors (Lipinski definition) is 0. The van der Waals surface area contributed by atoms with Crippen LogP contribution in [-0.4, -0.2) is 57.2 Å². The zero-order valence-electron chi connectivity index (χ0n) is 15.5. The summed E-state index contributed by atoms with van der Waals surface area (Å²) in [4.78, 5) is 15.2. The Morgan fingerprint density at radius 3 is 2.30 bits per heavy atom. The van der Waals surface area contributed by atoms with E-state index in [1.54, 1.807) is 20.2 Å². The molecule has 0 heterocycles. The highest BCUT2D eigenvalue weighted by atomic mass is 16.6. The van der Waals surface area contributed by atoms with Gasteiger partial charge >= 0.3 is 6.09 Å². The van der Waals surface area contributed by atoms with E-state index in [4.69, 9.17) is 9.47 Å². The van der Waals surface area contributed by atoms with E-state index in [2.05, 4.69) is 25.7 Å². The van der Waals surface area contributed by atoms with Crippen molar-refractivity contribution in [3.8, 4) is 11.5 Å². The summed E-state index contributed by atoms with van der Waals surface area (Å²) in [6.07, 6.45) is 0.547. The van der Waals surface area contributed by atoms with E-state index in [0.717, 1.165) is 24.3 Å². The fraction of sp³-hybridized carbons (Fsp3) is 0.611. The summed E-state index contributed by atoms with van der Waals surface area (Å²) in [6.45, 7) is 8.02. The number of carbonyl (C=O) groups is 1. The summed E-state index contributed by atoms with van der Waals surface area (Å²) in [5, 5.41) is 0. The lowest BCUT2D eigenvalue weighted by molar-refractivity contribution is 0.171. The third kappa shape index (κ3) is 6.48. The summed E-state index contributed by atoms with van der Waals surface area (Å²) in [5.74, 6) is 1.28. The number of nitrogens with zero attached hydrogens (tertiary/aromatic N) is 2. The molecule has 130 valence electrons. The molecule has 0 aliphatic rings. The Bertz CT molecular complexity index is 519. The number of benzene rings is 1. The van der Waals surface area contributed by atoms with Crippen LogP contribution in [-0.2, 0) is 5.41 Å². The van der Waals surface area contributed by atoms with Crippen LogP contribution in [0.5, 0.6) is 11.5 Å². The van der Waals surface area contributed by atoms with Crippen molar-refractivity contribution in [2.75, 3.05) is 41.3 Å². The molecule has 0 N–H and O–H groups in total. The summed E-state index contributed by atoms with van der Waals surface area (Å²) in [6, 6.07) is 5.59. The monoisotopic (exact) mass is 322 g/mol. The van der Waals surface area contributed by atoms with Crippen molar-refractivity contribution >= 4 is 6.09 Å². The Labute approximate surface area is 140 Å². The Hall–Kier alpha value is -1.75. The quantitative estimate of drug-likeness (QED) is 0.753. The Morgan fingerprint density at radius 2 is 1.78 bits per heavy atom. The van der Waals surface area contributed by atoms with Crippen LogP contribution in [0.25, 0.3) is 0 Å². The molecule has 1 aromatic rings. The fourth-order valence-corrected chi connectivity index (χ4v) is 2.06. The van der Waals surface area contributed by atoms with Crippen molar-refractivity contribution < 1.29 is 14.3 Å². The lowest BCUT2D eigenvalue weighted by Gasteiger charge is -2.24. The minimum absolute atomic E-state index is 0.0407. The van der Waals surface area contributed by atoms with E-state index in [1.807, 2.05) is 26.2 Å². The van der Waals surface area contributed by atoms with Crippen LogP contribution in [0.4, 0.5) is 4.79 Å². The predicted molar refractivity (Wildman–Crippen MR) is 93.5 cm³/mol. The Morgan fingerprint density at radius 1 is 1.13 bits per heavy atom. The molecule has 0 saturated heterocycles. The van der Waals surface area contributed by atoms with Crippen LogP contribution in [0.15, 0.2) is 18.2 Å². The molecule has 0 aromatic heterocycles. The SMILES string of the molecule is CN(C)CCCOc1cc(OC(=O)N(C)C)ccc1C(C)(C)C. The van der Waals surface area contributed by atoms with Gasteiger partial charge < -0.3 is 19.3 Å². The van der Waals surface area contributed by atoms with Gasteiger partial charge in [0.05, 0.1) is 6.61 Å². The van der Waals surface area contributed by atoms with Gasteiger partial charge in [-0.05, 0) is 37.6 Å². The number of hydrogen-bond acceptors (Lipinski definition) is 4. The van der Waals surface area contributed by atoms with Gasteiger partial charge in [-0.1, -0.05) is 26.8 Å². The molecule has 5 heteroatoms. The fourth-order valence-electron chi connectivity index (χ4n) is 2.06. The molecule has 0 bridgehead atoms. The minimum Gasteiger partial charge on any atom is -0.493 e. The lowest BCUT2D eigenvalue weighted by Crippen LogP contribution is -2.25. The lowest BCUT2D eigenvalue weighted by atomic mass is 9.86. The molecule has 1 amide bonds. The van der Waals surface area contributed by atoms with Crippen molar-refractivity contribution in [2.24, 2.45) is 0 Å². The Balaban J connectivity index is 2.90. The van der Waals surface area contributed by atoms with Gasteiger partial charge in [-0.15, -0.1) is 0 Å². The molecule has 0 radical (unpaired) electrons. The van der Waals surface area contributed by atoms with Gasteiger partial charge in [0.2, 0.25) is 0 Å². The summed E-state index contributed by atoms with van der Waals surface area (Å²) < 4.78 is 11.3. The molecular weight excluding hydrogens is 292 g/mol. The average Bonchev–Trinajstić information content (AvgIpc) is 2.42. The van der Waals surface area contributed by atoms with Crippen LogP contribution in [0.2, 0.25) is 0 Å². The molecule has 1 aromatic carbocycles. The van der Waals surface area contributed by atoms with Crippen molar-refractivity contribution in [3.05, 3.63) is 23.8 Å². The molecule has 23 heavy (non-hydrogen) atoms. The first-order chi connectivity index (χ1) is 10.6. The van der Waals surface area contributed by atoms with Gasteiger partial charge in [0.1, 0.15) is 11.5 Å². The average molecular weight is 322 g/mol. The van der Waals surface area contributed by atoms with Crippen LogP contribution in [0.3, 0.4) is 0 Å². The maximum absolute atomic E-state index is 11.7. The van der Waals surface area contributed by atoms with E-state index in [1.165, 1.54) is 4.90 Å². The van der Waals surface area contributed by atoms with E-state index in [0.29, 0.717) is 12.4 Å². The summed E-state index contributed by atoms with van der Waals surface area (Å²) in [5.41, 5.74) is 1.06. The normalized spacial score (nSPS) is 11.5. The van der Waals surface area contributed by atoms with Crippen molar-refractivity contribution in [1.29, 1.82) is 0 Å². The van der Waals surface area contributed by atoms with Crippen molar-refractivity contribution in [3.63, 3.8) is 0 Å². The topological polar surface area (TPSA) is 42.0 Å². The second-order valence-electron chi connectivity index (χ2n) is 7.18. The highest BCUT2D eigenvalue weighted by Gasteiger charge is 2.20. The zero-order chi connectivity index (χ0) is 17.6. The standard InChI is InChI=1S/C18H30N2O3/c1-18(2,3)15-10-9-14(23-17(21)20(6)7)13-16(15)22-12-8-11-19(4)5/h9-10,13H,8,11-12H2,1-7H3. The molecule has 5 nitrogen and oxygen atoms in total. The molecule has 0 fully saturated rings. The number of rotatable bonds is 6. The molecule has 0 spiro atoms. The van der Waals surface area contributed by atoms with Gasteiger partial charge in [0.25, 0.3) is 0 Å². The van der Waals surface area contributed by atoms with E-state index in [-0.39, 0.29) is 5.41 Å². The molecular formula is C18H30N2O3. The van der Waals surface area contributed by atoms with Gasteiger partial charge in [-0.2, -0.15) is 0 Å². The second kappa shape index (κ2) is 8.20. The van der Waals surface area contributed by atoms with Crippen molar-refractivity contribution in [1.82, 2.24) is 9.80 Å². The minimum atomic E-state index is -0.396. The molecule has 0 saturated carbocycles. The Kier molecular flexibility index (Phi) is 6.88. The first-order valence-electron chi connectivity index (χ1n) is 7.92. The summed E-state index contributed by atoms with van der Waals surface area (Å²) >= 11 is 0. The molecule has 0 atom stereocenters. The van der Waals surface area contributed by atoms with Gasteiger partial charge in [-0.25, -0.2) is 4.79 Å². The highest BCUT2D eigenvalue weighted by molar-refractivity contribution is 5.70. The first-order valence-corrected chi connectivity index (χ1v) is 7.92. The smallest absolute Gasteiger partial charge is 0.414 e. The van der Waals surface area contributed by atoms with Gasteiger partial charge in [0, 0.05) is 26.7 Å². The third-order valence-electron chi connectivity index (χ3n) is 3.34. The van der Waals surface area contributed by atoms with Crippen LogP contribution in [0.1, 0.15) is 32.8 Å². The summed E-state index contributed by atoms with van der Waals surface area (Å²) in [7, 11) is 7.40. The van der Waals surface area contributed by atoms with E-state index in [9.17, 15) is 4.79 Å².